The van der Waals surface area contributed by atoms with Crippen molar-refractivity contribution in [1.82, 2.24) is 0 Å². The van der Waals surface area contributed by atoms with Crippen LogP contribution in [0.3, 0.4) is 0 Å². The maximum atomic E-state index is 5.87. The van der Waals surface area contributed by atoms with E-state index in [9.17, 15) is 0 Å². The Hall–Kier alpha value is 1.48. The Morgan fingerprint density at radius 2 is 2.38 bits per heavy atom. The van der Waals surface area contributed by atoms with Gasteiger partial charge in [-0.3, -0.25) is 0 Å². The first kappa shape index (κ1) is 15.5. The summed E-state index contributed by atoms with van der Waals surface area (Å²) in [5.41, 5.74) is 1.07. The Bertz CT molecular complexity index is 333. The van der Waals surface area contributed by atoms with Crippen LogP contribution in [0.4, 0.5) is 0 Å². The van der Waals surface area contributed by atoms with Gasteiger partial charge in [0.25, 0.3) is 0 Å². The number of halogens is 1. The van der Waals surface area contributed by atoms with E-state index in [2.05, 4.69) is 6.92 Å². The normalized spacial score (nSPS) is 24.1. The van der Waals surface area contributed by atoms with E-state index in [0.717, 1.165) is 17.0 Å². The SMILES string of the molecule is C[C@H]1[CH-]OC(OCc2cccc(Cl)c2)C1.[Cs+]. The molecule has 2 atom stereocenters. The van der Waals surface area contributed by atoms with E-state index in [0.29, 0.717) is 12.5 Å². The van der Waals surface area contributed by atoms with Crippen LogP contribution in [0.5, 0.6) is 0 Å². The van der Waals surface area contributed by atoms with Crippen LogP contribution in [0, 0.1) is 12.5 Å². The second-order valence-electron chi connectivity index (χ2n) is 3.86. The van der Waals surface area contributed by atoms with E-state index < -0.39 is 0 Å². The first-order valence-electron chi connectivity index (χ1n) is 5.09. The summed E-state index contributed by atoms with van der Waals surface area (Å²) in [5.74, 6) is 0.481. The van der Waals surface area contributed by atoms with Crippen molar-refractivity contribution in [2.24, 2.45) is 5.92 Å². The molecule has 2 rings (SSSR count). The summed E-state index contributed by atoms with van der Waals surface area (Å²) in [6, 6.07) is 7.68. The Morgan fingerprint density at radius 1 is 1.56 bits per heavy atom. The summed E-state index contributed by atoms with van der Waals surface area (Å²) in [4.78, 5) is 0. The Labute approximate surface area is 160 Å². The third kappa shape index (κ3) is 5.00. The molecule has 82 valence electrons. The number of hydrogen-bond donors (Lipinski definition) is 0. The zero-order valence-electron chi connectivity index (χ0n) is 9.65. The van der Waals surface area contributed by atoms with Gasteiger partial charge in [0.05, 0.1) is 6.61 Å². The summed E-state index contributed by atoms with van der Waals surface area (Å²) in [5, 5.41) is 0.739. The van der Waals surface area contributed by atoms with E-state index in [-0.39, 0.29) is 75.2 Å². The molecule has 1 aromatic carbocycles. The summed E-state index contributed by atoms with van der Waals surface area (Å²) in [6.45, 7) is 4.50. The van der Waals surface area contributed by atoms with Crippen molar-refractivity contribution in [3.8, 4) is 0 Å². The number of hydrogen-bond acceptors (Lipinski definition) is 2. The third-order valence-electron chi connectivity index (χ3n) is 2.35. The van der Waals surface area contributed by atoms with E-state index in [4.69, 9.17) is 21.1 Å². The molecule has 0 saturated carbocycles. The quantitative estimate of drug-likeness (QED) is 0.729. The molecule has 16 heavy (non-hydrogen) atoms. The largest absolute Gasteiger partial charge is 1.00 e. The molecule has 0 aromatic heterocycles. The van der Waals surface area contributed by atoms with Gasteiger partial charge in [0.15, 0.2) is 0 Å². The standard InChI is InChI=1S/C12H14ClO2.Cs/c1-9-5-12(14-7-9)15-8-10-3-2-4-11(13)6-10;/h2-4,6-7,9,12H,5,8H2,1H3;/q-1;+1/t9-,12?;/m1./s1. The van der Waals surface area contributed by atoms with Crippen molar-refractivity contribution < 1.29 is 78.4 Å². The van der Waals surface area contributed by atoms with Gasteiger partial charge in [-0.15, -0.1) is 5.92 Å². The molecule has 4 heteroatoms. The van der Waals surface area contributed by atoms with Gasteiger partial charge in [-0.25, -0.2) is 6.61 Å². The zero-order valence-corrected chi connectivity index (χ0v) is 16.7. The first-order chi connectivity index (χ1) is 7.24. The molecule has 1 heterocycles. The Morgan fingerprint density at radius 3 is 3.00 bits per heavy atom. The van der Waals surface area contributed by atoms with Gasteiger partial charge >= 0.3 is 68.9 Å². The van der Waals surface area contributed by atoms with Crippen LogP contribution < -0.4 is 68.9 Å². The molecule has 1 aromatic rings. The molecule has 1 aliphatic heterocycles. The Kier molecular flexibility index (Phi) is 7.59. The van der Waals surface area contributed by atoms with Gasteiger partial charge in [0, 0.05) is 5.02 Å². The van der Waals surface area contributed by atoms with Gasteiger partial charge in [-0.05, 0) is 24.1 Å². The van der Waals surface area contributed by atoms with Crippen LogP contribution in [0.2, 0.25) is 5.02 Å². The fourth-order valence-electron chi connectivity index (χ4n) is 1.56. The van der Waals surface area contributed by atoms with Gasteiger partial charge in [-0.2, -0.15) is 0 Å². The summed E-state index contributed by atoms with van der Waals surface area (Å²) < 4.78 is 10.9. The average Bonchev–Trinajstić information content (AvgIpc) is 2.62. The van der Waals surface area contributed by atoms with E-state index in [1.165, 1.54) is 0 Å². The van der Waals surface area contributed by atoms with Crippen molar-refractivity contribution in [2.75, 3.05) is 0 Å². The Balaban J connectivity index is 0.00000128. The van der Waals surface area contributed by atoms with Crippen LogP contribution in [-0.2, 0) is 16.1 Å². The zero-order chi connectivity index (χ0) is 10.7. The van der Waals surface area contributed by atoms with Crippen molar-refractivity contribution in [1.29, 1.82) is 0 Å². The molecule has 1 unspecified atom stereocenters. The number of ether oxygens (including phenoxy) is 2. The van der Waals surface area contributed by atoms with Crippen molar-refractivity contribution >= 4 is 11.6 Å². The maximum Gasteiger partial charge on any atom is 1.00 e. The van der Waals surface area contributed by atoms with Gasteiger partial charge < -0.3 is 9.47 Å². The third-order valence-corrected chi connectivity index (χ3v) is 2.59. The molecule has 1 fully saturated rings. The molecule has 0 spiro atoms. The van der Waals surface area contributed by atoms with Crippen LogP contribution in [0.25, 0.3) is 0 Å². The van der Waals surface area contributed by atoms with Gasteiger partial charge in [-0.1, -0.05) is 30.7 Å². The monoisotopic (exact) mass is 358 g/mol. The van der Waals surface area contributed by atoms with Crippen LogP contribution in [-0.4, -0.2) is 6.29 Å². The molecule has 0 bridgehead atoms. The first-order valence-corrected chi connectivity index (χ1v) is 5.46. The van der Waals surface area contributed by atoms with Crippen molar-refractivity contribution in [3.05, 3.63) is 41.5 Å². The molecule has 1 aliphatic rings. The molecule has 0 N–H and O–H groups in total. The molecule has 0 amide bonds. The predicted molar refractivity (Wildman–Crippen MR) is 59.2 cm³/mol. The van der Waals surface area contributed by atoms with E-state index >= 15 is 0 Å². The van der Waals surface area contributed by atoms with Crippen LogP contribution in [0.1, 0.15) is 18.9 Å². The topological polar surface area (TPSA) is 18.5 Å². The summed E-state index contributed by atoms with van der Waals surface area (Å²) in [7, 11) is 0. The van der Waals surface area contributed by atoms with E-state index in [1.807, 2.05) is 30.9 Å². The minimum Gasteiger partial charge on any atom is -0.529 e. The molecule has 2 nitrogen and oxygen atoms in total. The molecular weight excluding hydrogens is 344 g/mol. The van der Waals surface area contributed by atoms with Crippen LogP contribution >= 0.6 is 11.6 Å². The molecule has 0 radical (unpaired) electrons. The second kappa shape index (κ2) is 7.82. The average molecular weight is 359 g/mol. The molecular formula is C12H14ClCsO2. The minimum atomic E-state index is -0.0982. The second-order valence-corrected chi connectivity index (χ2v) is 4.29. The smallest absolute Gasteiger partial charge is 0.529 e. The molecule has 1 saturated heterocycles. The minimum absolute atomic E-state index is 0. The fourth-order valence-corrected chi connectivity index (χ4v) is 1.77. The van der Waals surface area contributed by atoms with Crippen molar-refractivity contribution in [3.63, 3.8) is 0 Å². The summed E-state index contributed by atoms with van der Waals surface area (Å²) >= 11 is 5.87. The van der Waals surface area contributed by atoms with Gasteiger partial charge in [0.2, 0.25) is 0 Å². The van der Waals surface area contributed by atoms with Crippen molar-refractivity contribution in [2.45, 2.75) is 26.2 Å². The molecule has 0 aliphatic carbocycles. The number of benzene rings is 1. The predicted octanol–water partition coefficient (Wildman–Crippen LogP) is 0.405. The van der Waals surface area contributed by atoms with Crippen LogP contribution in [0.15, 0.2) is 24.3 Å². The van der Waals surface area contributed by atoms with E-state index in [1.54, 1.807) is 0 Å². The fraction of sp³-hybridized carbons (Fsp3) is 0.417. The van der Waals surface area contributed by atoms with Gasteiger partial charge in [0.1, 0.15) is 6.29 Å². The summed E-state index contributed by atoms with van der Waals surface area (Å²) in [6.07, 6.45) is 0.833. The number of rotatable bonds is 3. The maximum absolute atomic E-state index is 5.87.